The molecule has 0 aromatic heterocycles. The van der Waals surface area contributed by atoms with Gasteiger partial charge in [-0.25, -0.2) is 8.42 Å². The van der Waals surface area contributed by atoms with Gasteiger partial charge in [-0.2, -0.15) is 0 Å². The Bertz CT molecular complexity index is 766. The van der Waals surface area contributed by atoms with E-state index in [1.54, 1.807) is 56.3 Å². The lowest BCUT2D eigenvalue weighted by Crippen LogP contribution is -2.27. The van der Waals surface area contributed by atoms with Crippen molar-refractivity contribution in [3.63, 3.8) is 0 Å². The van der Waals surface area contributed by atoms with Crippen LogP contribution in [0.5, 0.6) is 0 Å². The standard InChI is InChI=1S/C16H17NO4S/c1-16(2,12-17(18)19)13-8-10-15(11-9-13)22(20,21)14-6-4-3-5-7-14/h3-11H,12H2,1-2H3. The molecule has 0 atom stereocenters. The summed E-state index contributed by atoms with van der Waals surface area (Å²) >= 11 is 0. The average Bonchev–Trinajstić information content (AvgIpc) is 2.47. The van der Waals surface area contributed by atoms with Gasteiger partial charge in [-0.15, -0.1) is 0 Å². The summed E-state index contributed by atoms with van der Waals surface area (Å²) in [5.41, 5.74) is 0.0784. The van der Waals surface area contributed by atoms with E-state index in [-0.39, 0.29) is 21.3 Å². The molecule has 0 unspecified atom stereocenters. The Labute approximate surface area is 129 Å². The molecule has 116 valence electrons. The summed E-state index contributed by atoms with van der Waals surface area (Å²) in [6, 6.07) is 14.4. The predicted octanol–water partition coefficient (Wildman–Crippen LogP) is 3.07. The van der Waals surface area contributed by atoms with E-state index in [1.807, 2.05) is 0 Å². The van der Waals surface area contributed by atoms with E-state index in [1.165, 1.54) is 12.1 Å². The molecule has 0 saturated carbocycles. The summed E-state index contributed by atoms with van der Waals surface area (Å²) in [6.45, 7) is 3.31. The largest absolute Gasteiger partial charge is 0.265 e. The first kappa shape index (κ1) is 16.2. The highest BCUT2D eigenvalue weighted by Crippen LogP contribution is 2.26. The molecule has 2 aromatic rings. The van der Waals surface area contributed by atoms with Crippen LogP contribution in [0.1, 0.15) is 19.4 Å². The minimum atomic E-state index is -3.56. The van der Waals surface area contributed by atoms with E-state index < -0.39 is 15.3 Å². The predicted molar refractivity (Wildman–Crippen MR) is 83.2 cm³/mol. The molecule has 22 heavy (non-hydrogen) atoms. The third-order valence-corrected chi connectivity index (χ3v) is 5.31. The number of rotatable bonds is 5. The van der Waals surface area contributed by atoms with Crippen molar-refractivity contribution in [1.29, 1.82) is 0 Å². The van der Waals surface area contributed by atoms with Crippen LogP contribution in [0.4, 0.5) is 0 Å². The molecule has 0 N–H and O–H groups in total. The molecule has 2 rings (SSSR count). The molecule has 0 fully saturated rings. The summed E-state index contributed by atoms with van der Waals surface area (Å²) in [5, 5.41) is 10.7. The minimum Gasteiger partial charge on any atom is -0.265 e. The third-order valence-electron chi connectivity index (χ3n) is 3.52. The zero-order valence-electron chi connectivity index (χ0n) is 12.4. The number of nitro groups is 1. The van der Waals surface area contributed by atoms with Crippen molar-refractivity contribution in [3.8, 4) is 0 Å². The van der Waals surface area contributed by atoms with Gasteiger partial charge in [0.2, 0.25) is 16.4 Å². The first-order valence-corrected chi connectivity index (χ1v) is 8.24. The van der Waals surface area contributed by atoms with Crippen LogP contribution in [0.15, 0.2) is 64.4 Å². The molecule has 5 nitrogen and oxygen atoms in total. The summed E-state index contributed by atoms with van der Waals surface area (Å²) < 4.78 is 24.9. The topological polar surface area (TPSA) is 77.3 Å². The molecule has 0 radical (unpaired) electrons. The van der Waals surface area contributed by atoms with E-state index in [9.17, 15) is 18.5 Å². The highest BCUT2D eigenvalue weighted by molar-refractivity contribution is 7.91. The van der Waals surface area contributed by atoms with Crippen LogP contribution < -0.4 is 0 Å². The maximum Gasteiger partial charge on any atom is 0.212 e. The number of benzene rings is 2. The molecule has 2 aromatic carbocycles. The van der Waals surface area contributed by atoms with Gasteiger partial charge < -0.3 is 0 Å². The van der Waals surface area contributed by atoms with E-state index >= 15 is 0 Å². The van der Waals surface area contributed by atoms with Gasteiger partial charge in [0.15, 0.2) is 0 Å². The first-order valence-electron chi connectivity index (χ1n) is 6.76. The van der Waals surface area contributed by atoms with Crippen molar-refractivity contribution >= 4 is 9.84 Å². The van der Waals surface area contributed by atoms with Crippen molar-refractivity contribution < 1.29 is 13.3 Å². The van der Waals surface area contributed by atoms with Crippen LogP contribution in [-0.4, -0.2) is 19.9 Å². The van der Waals surface area contributed by atoms with Crippen LogP contribution in [0.25, 0.3) is 0 Å². The van der Waals surface area contributed by atoms with Crippen LogP contribution in [0, 0.1) is 10.1 Å². The van der Waals surface area contributed by atoms with Gasteiger partial charge in [0.05, 0.1) is 15.2 Å². The fourth-order valence-electron chi connectivity index (χ4n) is 2.24. The number of sulfone groups is 1. The molecule has 0 amide bonds. The molecule has 0 bridgehead atoms. The van der Waals surface area contributed by atoms with Gasteiger partial charge in [0, 0.05) is 4.92 Å². The summed E-state index contributed by atoms with van der Waals surface area (Å²) in [4.78, 5) is 10.8. The molecule has 0 saturated heterocycles. The fourth-order valence-corrected chi connectivity index (χ4v) is 3.52. The lowest BCUT2D eigenvalue weighted by atomic mass is 9.85. The monoisotopic (exact) mass is 319 g/mol. The van der Waals surface area contributed by atoms with Crippen molar-refractivity contribution in [2.45, 2.75) is 29.1 Å². The van der Waals surface area contributed by atoms with E-state index in [0.29, 0.717) is 0 Å². The average molecular weight is 319 g/mol. The number of nitrogens with zero attached hydrogens (tertiary/aromatic N) is 1. The molecule has 6 heteroatoms. The fraction of sp³-hybridized carbons (Fsp3) is 0.250. The Morgan fingerprint density at radius 2 is 1.45 bits per heavy atom. The second-order valence-electron chi connectivity index (χ2n) is 5.72. The van der Waals surface area contributed by atoms with Crippen molar-refractivity contribution in [1.82, 2.24) is 0 Å². The Hall–Kier alpha value is -2.21. The Kier molecular flexibility index (Phi) is 4.32. The Morgan fingerprint density at radius 1 is 0.955 bits per heavy atom. The smallest absolute Gasteiger partial charge is 0.212 e. The van der Waals surface area contributed by atoms with Gasteiger partial charge in [0.25, 0.3) is 0 Å². The zero-order chi connectivity index (χ0) is 16.4. The summed E-state index contributed by atoms with van der Waals surface area (Å²) in [7, 11) is -3.56. The molecular weight excluding hydrogens is 302 g/mol. The molecule has 0 aliphatic rings. The maximum atomic E-state index is 12.5. The van der Waals surface area contributed by atoms with Crippen molar-refractivity contribution in [3.05, 3.63) is 70.3 Å². The highest BCUT2D eigenvalue weighted by atomic mass is 32.2. The quantitative estimate of drug-likeness (QED) is 0.627. The highest BCUT2D eigenvalue weighted by Gasteiger charge is 2.27. The second-order valence-corrected chi connectivity index (χ2v) is 7.67. The number of hydrogen-bond acceptors (Lipinski definition) is 4. The van der Waals surface area contributed by atoms with Gasteiger partial charge >= 0.3 is 0 Å². The van der Waals surface area contributed by atoms with E-state index in [4.69, 9.17) is 0 Å². The molecule has 0 spiro atoms. The molecular formula is C16H17NO4S. The zero-order valence-corrected chi connectivity index (χ0v) is 13.2. The van der Waals surface area contributed by atoms with Crippen LogP contribution in [0.3, 0.4) is 0 Å². The second kappa shape index (κ2) is 5.88. The van der Waals surface area contributed by atoms with Crippen molar-refractivity contribution in [2.24, 2.45) is 0 Å². The van der Waals surface area contributed by atoms with Gasteiger partial charge in [-0.3, -0.25) is 10.1 Å². The SMILES string of the molecule is CC(C)(C[N+](=O)[O-])c1ccc(S(=O)(=O)c2ccccc2)cc1. The maximum absolute atomic E-state index is 12.5. The van der Waals surface area contributed by atoms with Gasteiger partial charge in [0.1, 0.15) is 0 Å². The van der Waals surface area contributed by atoms with E-state index in [0.717, 1.165) is 5.56 Å². The molecule has 0 aliphatic carbocycles. The van der Waals surface area contributed by atoms with Crippen molar-refractivity contribution in [2.75, 3.05) is 6.54 Å². The summed E-state index contributed by atoms with van der Waals surface area (Å²) in [6.07, 6.45) is 0. The van der Waals surface area contributed by atoms with Crippen LogP contribution in [0.2, 0.25) is 0 Å². The number of hydrogen-bond donors (Lipinski definition) is 0. The lowest BCUT2D eigenvalue weighted by Gasteiger charge is -2.20. The van der Waals surface area contributed by atoms with Crippen LogP contribution in [-0.2, 0) is 15.3 Å². The van der Waals surface area contributed by atoms with E-state index in [2.05, 4.69) is 0 Å². The van der Waals surface area contributed by atoms with Gasteiger partial charge in [-0.1, -0.05) is 30.3 Å². The first-order chi connectivity index (χ1) is 10.2. The normalized spacial score (nSPS) is 12.1. The Balaban J connectivity index is 2.35. The Morgan fingerprint density at radius 3 is 1.95 bits per heavy atom. The molecule has 0 aliphatic heterocycles. The minimum absolute atomic E-state index is 0.180. The molecule has 0 heterocycles. The summed E-state index contributed by atoms with van der Waals surface area (Å²) in [5.74, 6) is 0. The third kappa shape index (κ3) is 3.33. The lowest BCUT2D eigenvalue weighted by molar-refractivity contribution is -0.489. The van der Waals surface area contributed by atoms with Gasteiger partial charge in [-0.05, 0) is 43.7 Å². The van der Waals surface area contributed by atoms with Crippen LogP contribution >= 0.6 is 0 Å².